The summed E-state index contributed by atoms with van der Waals surface area (Å²) < 4.78 is 0. The Morgan fingerprint density at radius 2 is 1.67 bits per heavy atom. The van der Waals surface area contributed by atoms with Crippen LogP contribution >= 0.6 is 0 Å². The molecule has 0 amide bonds. The van der Waals surface area contributed by atoms with Crippen LogP contribution in [0.4, 0.5) is 23.5 Å². The van der Waals surface area contributed by atoms with Crippen LogP contribution in [0.3, 0.4) is 0 Å². The second kappa shape index (κ2) is 5.94. The predicted molar refractivity (Wildman–Crippen MR) is 87.0 cm³/mol. The zero-order valence-corrected chi connectivity index (χ0v) is 13.2. The number of nitrogens with zero attached hydrogens (tertiary/aromatic N) is 6. The van der Waals surface area contributed by atoms with E-state index in [1.54, 1.807) is 7.05 Å². The molecule has 0 aromatic carbocycles. The third-order valence-corrected chi connectivity index (χ3v) is 3.08. The molecule has 0 aliphatic carbocycles. The summed E-state index contributed by atoms with van der Waals surface area (Å²) in [4.78, 5) is 21.6. The summed E-state index contributed by atoms with van der Waals surface area (Å²) in [7, 11) is 7.50. The van der Waals surface area contributed by atoms with Gasteiger partial charge in [0.2, 0.25) is 11.9 Å². The summed E-state index contributed by atoms with van der Waals surface area (Å²) in [5.74, 6) is 2.15. The maximum Gasteiger partial charge on any atom is 0.227 e. The summed E-state index contributed by atoms with van der Waals surface area (Å²) in [5.41, 5.74) is 7.26. The predicted octanol–water partition coefficient (Wildman–Crippen LogP) is 0.956. The SMILES string of the molecule is CCCN(C)c1nc(N)c2nc(N(C)C)nc(NC)c2n1. The summed E-state index contributed by atoms with van der Waals surface area (Å²) in [5, 5.41) is 3.05. The first-order valence-corrected chi connectivity index (χ1v) is 6.89. The Labute approximate surface area is 124 Å². The Kier molecular flexibility index (Phi) is 4.25. The van der Waals surface area contributed by atoms with Crippen LogP contribution < -0.4 is 20.9 Å². The number of anilines is 4. The van der Waals surface area contributed by atoms with Crippen molar-refractivity contribution >= 4 is 34.6 Å². The Balaban J connectivity index is 2.65. The number of nitrogen functional groups attached to an aromatic ring is 1. The van der Waals surface area contributed by atoms with E-state index < -0.39 is 0 Å². The molecular formula is C13H22N8. The van der Waals surface area contributed by atoms with Gasteiger partial charge in [0.1, 0.15) is 11.0 Å². The average Bonchev–Trinajstić information content (AvgIpc) is 2.46. The van der Waals surface area contributed by atoms with Crippen LogP contribution in [-0.4, -0.2) is 54.7 Å². The van der Waals surface area contributed by atoms with Crippen molar-refractivity contribution < 1.29 is 0 Å². The molecule has 0 aliphatic rings. The van der Waals surface area contributed by atoms with Crippen LogP contribution in [0.5, 0.6) is 0 Å². The van der Waals surface area contributed by atoms with Crippen LogP contribution in [0.15, 0.2) is 0 Å². The normalized spacial score (nSPS) is 10.7. The largest absolute Gasteiger partial charge is 0.382 e. The van der Waals surface area contributed by atoms with E-state index in [9.17, 15) is 0 Å². The molecule has 2 rings (SSSR count). The van der Waals surface area contributed by atoms with Gasteiger partial charge >= 0.3 is 0 Å². The highest BCUT2D eigenvalue weighted by Gasteiger charge is 2.16. The highest BCUT2D eigenvalue weighted by Crippen LogP contribution is 2.26. The molecule has 2 aromatic heterocycles. The van der Waals surface area contributed by atoms with Crippen molar-refractivity contribution in [3.63, 3.8) is 0 Å². The molecule has 0 atom stereocenters. The maximum atomic E-state index is 6.07. The molecule has 2 heterocycles. The van der Waals surface area contributed by atoms with Gasteiger partial charge in [0.05, 0.1) is 0 Å². The molecule has 3 N–H and O–H groups in total. The number of nitrogens with two attached hydrogens (primary N) is 1. The van der Waals surface area contributed by atoms with E-state index in [1.165, 1.54) is 0 Å². The summed E-state index contributed by atoms with van der Waals surface area (Å²) in [6, 6.07) is 0. The van der Waals surface area contributed by atoms with Crippen molar-refractivity contribution in [2.45, 2.75) is 13.3 Å². The minimum atomic E-state index is 0.361. The third kappa shape index (κ3) is 2.88. The van der Waals surface area contributed by atoms with Gasteiger partial charge in [-0.05, 0) is 6.42 Å². The van der Waals surface area contributed by atoms with Gasteiger partial charge in [-0.25, -0.2) is 9.97 Å². The Bertz CT molecular complexity index is 640. The standard InChI is InChI=1S/C13H22N8/c1-6-7-21(5)13-17-9-8(10(14)18-13)16-12(20(3)4)19-11(9)15-2/h6-7H2,1-5H3,(H2,14,17,18)(H,15,16,19). The molecule has 0 radical (unpaired) electrons. The molecule has 2 aromatic rings. The van der Waals surface area contributed by atoms with Gasteiger partial charge in [-0.3, -0.25) is 0 Å². The van der Waals surface area contributed by atoms with Gasteiger partial charge < -0.3 is 20.9 Å². The lowest BCUT2D eigenvalue weighted by molar-refractivity contribution is 0.823. The molecule has 0 unspecified atom stereocenters. The van der Waals surface area contributed by atoms with Gasteiger partial charge in [-0.15, -0.1) is 0 Å². The van der Waals surface area contributed by atoms with Gasteiger partial charge in [0.15, 0.2) is 11.6 Å². The lowest BCUT2D eigenvalue weighted by Gasteiger charge is -2.18. The summed E-state index contributed by atoms with van der Waals surface area (Å²) in [6.07, 6.45) is 1.01. The van der Waals surface area contributed by atoms with E-state index >= 15 is 0 Å². The molecule has 8 heteroatoms. The van der Waals surface area contributed by atoms with Gasteiger partial charge in [0, 0.05) is 34.7 Å². The zero-order chi connectivity index (χ0) is 15.6. The maximum absolute atomic E-state index is 6.07. The molecular weight excluding hydrogens is 268 g/mol. The fraction of sp³-hybridized carbons (Fsp3) is 0.538. The average molecular weight is 290 g/mol. The van der Waals surface area contributed by atoms with E-state index in [0.717, 1.165) is 13.0 Å². The van der Waals surface area contributed by atoms with E-state index in [0.29, 0.717) is 34.6 Å². The number of nitrogens with one attached hydrogen (secondary N) is 1. The summed E-state index contributed by atoms with van der Waals surface area (Å²) >= 11 is 0. The molecule has 0 aliphatic heterocycles. The second-order valence-corrected chi connectivity index (χ2v) is 5.04. The van der Waals surface area contributed by atoms with Crippen LogP contribution in [0.2, 0.25) is 0 Å². The fourth-order valence-corrected chi connectivity index (χ4v) is 1.99. The number of fused-ring (bicyclic) bond motifs is 1. The van der Waals surface area contributed by atoms with E-state index in [4.69, 9.17) is 5.73 Å². The third-order valence-electron chi connectivity index (χ3n) is 3.08. The van der Waals surface area contributed by atoms with Crippen molar-refractivity contribution in [1.29, 1.82) is 0 Å². The Hall–Kier alpha value is -2.38. The van der Waals surface area contributed by atoms with Crippen molar-refractivity contribution in [1.82, 2.24) is 19.9 Å². The first-order valence-electron chi connectivity index (χ1n) is 6.89. The quantitative estimate of drug-likeness (QED) is 0.840. The zero-order valence-electron chi connectivity index (χ0n) is 13.2. The van der Waals surface area contributed by atoms with Crippen LogP contribution in [-0.2, 0) is 0 Å². The van der Waals surface area contributed by atoms with Gasteiger partial charge in [-0.1, -0.05) is 6.92 Å². The molecule has 21 heavy (non-hydrogen) atoms. The minimum absolute atomic E-state index is 0.361. The smallest absolute Gasteiger partial charge is 0.227 e. The number of rotatable bonds is 5. The molecule has 0 bridgehead atoms. The molecule has 0 saturated carbocycles. The van der Waals surface area contributed by atoms with Crippen LogP contribution in [0, 0.1) is 0 Å². The van der Waals surface area contributed by atoms with E-state index in [1.807, 2.05) is 30.9 Å². The monoisotopic (exact) mass is 290 g/mol. The van der Waals surface area contributed by atoms with E-state index in [-0.39, 0.29) is 0 Å². The topological polar surface area (TPSA) is 96.1 Å². The molecule has 0 spiro atoms. The van der Waals surface area contributed by atoms with Crippen molar-refractivity contribution in [3.8, 4) is 0 Å². The highest BCUT2D eigenvalue weighted by molar-refractivity contribution is 5.93. The number of hydrogen-bond donors (Lipinski definition) is 2. The van der Waals surface area contributed by atoms with Crippen molar-refractivity contribution in [2.75, 3.05) is 55.6 Å². The van der Waals surface area contributed by atoms with Crippen molar-refractivity contribution in [3.05, 3.63) is 0 Å². The number of aromatic nitrogens is 4. The minimum Gasteiger partial charge on any atom is -0.382 e. The fourth-order valence-electron chi connectivity index (χ4n) is 1.99. The van der Waals surface area contributed by atoms with Crippen LogP contribution in [0.1, 0.15) is 13.3 Å². The van der Waals surface area contributed by atoms with Crippen LogP contribution in [0.25, 0.3) is 11.0 Å². The Morgan fingerprint density at radius 1 is 1.00 bits per heavy atom. The molecule has 8 nitrogen and oxygen atoms in total. The molecule has 114 valence electrons. The first-order chi connectivity index (χ1) is 9.97. The molecule has 0 fully saturated rings. The van der Waals surface area contributed by atoms with Crippen molar-refractivity contribution in [2.24, 2.45) is 0 Å². The molecule has 0 saturated heterocycles. The van der Waals surface area contributed by atoms with Gasteiger partial charge in [0.25, 0.3) is 0 Å². The number of hydrogen-bond acceptors (Lipinski definition) is 8. The van der Waals surface area contributed by atoms with E-state index in [2.05, 4.69) is 32.2 Å². The second-order valence-electron chi connectivity index (χ2n) is 5.04. The van der Waals surface area contributed by atoms with Gasteiger partial charge in [-0.2, -0.15) is 9.97 Å². The highest BCUT2D eigenvalue weighted by atomic mass is 15.3. The lowest BCUT2D eigenvalue weighted by atomic mass is 10.3. The Morgan fingerprint density at radius 3 is 2.24 bits per heavy atom. The first kappa shape index (κ1) is 15.0. The summed E-state index contributed by atoms with van der Waals surface area (Å²) in [6.45, 7) is 2.96. The lowest BCUT2D eigenvalue weighted by Crippen LogP contribution is -2.21.